The summed E-state index contributed by atoms with van der Waals surface area (Å²) in [6.07, 6.45) is 0. The fourth-order valence-electron chi connectivity index (χ4n) is 1.51. The van der Waals surface area contributed by atoms with Gasteiger partial charge in [-0.05, 0) is 30.8 Å². The smallest absolute Gasteiger partial charge is 0.267 e. The molecule has 5 nitrogen and oxygen atoms in total. The zero-order valence-corrected chi connectivity index (χ0v) is 9.32. The number of nitrogens with zero attached hydrogens (tertiary/aromatic N) is 2. The van der Waals surface area contributed by atoms with Crippen LogP contribution in [-0.2, 0) is 6.67 Å². The van der Waals surface area contributed by atoms with Gasteiger partial charge in [0, 0.05) is 0 Å². The first-order valence-electron chi connectivity index (χ1n) is 4.67. The largest absolute Gasteiger partial charge is 0.507 e. The zero-order chi connectivity index (χ0) is 11.7. The molecule has 16 heavy (non-hydrogen) atoms. The number of benzene rings is 1. The van der Waals surface area contributed by atoms with E-state index in [2.05, 4.69) is 10.3 Å². The maximum atomic E-state index is 12.0. The summed E-state index contributed by atoms with van der Waals surface area (Å²) < 4.78 is 1.25. The second kappa shape index (κ2) is 4.11. The monoisotopic (exact) mass is 239 g/mol. The molecule has 2 rings (SSSR count). The molecule has 0 spiro atoms. The number of nitrogens with one attached hydrogen (secondary N) is 1. The number of aromatic nitrogens is 2. The van der Waals surface area contributed by atoms with Crippen molar-refractivity contribution in [3.63, 3.8) is 0 Å². The first-order chi connectivity index (χ1) is 7.65. The van der Waals surface area contributed by atoms with Crippen molar-refractivity contribution in [1.82, 2.24) is 14.9 Å². The highest BCUT2D eigenvalue weighted by atomic mass is 35.5. The standard InChI is InChI=1S/C10H10ClN3O2/c1-12-5-14-9(16)8-6(13-10(14)11)3-2-4-7(8)15/h2-4,12,15H,5H2,1H3. The topological polar surface area (TPSA) is 67.2 Å². The van der Waals surface area contributed by atoms with Crippen LogP contribution in [0.5, 0.6) is 5.75 Å². The van der Waals surface area contributed by atoms with Gasteiger partial charge in [0.15, 0.2) is 0 Å². The molecule has 1 aromatic carbocycles. The van der Waals surface area contributed by atoms with Gasteiger partial charge in [-0.15, -0.1) is 0 Å². The lowest BCUT2D eigenvalue weighted by Gasteiger charge is -2.08. The molecule has 0 saturated carbocycles. The minimum atomic E-state index is -0.359. The molecule has 84 valence electrons. The number of fused-ring (bicyclic) bond motifs is 1. The van der Waals surface area contributed by atoms with Gasteiger partial charge in [-0.25, -0.2) is 4.98 Å². The van der Waals surface area contributed by atoms with Crippen molar-refractivity contribution in [1.29, 1.82) is 0 Å². The van der Waals surface area contributed by atoms with Gasteiger partial charge in [0.1, 0.15) is 11.1 Å². The van der Waals surface area contributed by atoms with Gasteiger partial charge >= 0.3 is 0 Å². The van der Waals surface area contributed by atoms with Crippen LogP contribution in [0.25, 0.3) is 10.9 Å². The lowest BCUT2D eigenvalue weighted by molar-refractivity contribution is 0.480. The first kappa shape index (κ1) is 10.9. The SMILES string of the molecule is CNCn1c(Cl)nc2cccc(O)c2c1=O. The molecular weight excluding hydrogens is 230 g/mol. The van der Waals surface area contributed by atoms with Gasteiger partial charge in [-0.2, -0.15) is 0 Å². The molecule has 6 heteroatoms. The van der Waals surface area contributed by atoms with Crippen LogP contribution in [0, 0.1) is 0 Å². The van der Waals surface area contributed by atoms with E-state index in [1.54, 1.807) is 19.2 Å². The third-order valence-electron chi connectivity index (χ3n) is 2.23. The molecular formula is C10H10ClN3O2. The summed E-state index contributed by atoms with van der Waals surface area (Å²) in [4.78, 5) is 16.0. The van der Waals surface area contributed by atoms with Crippen molar-refractivity contribution in [3.8, 4) is 5.75 Å². The third-order valence-corrected chi connectivity index (χ3v) is 2.52. The molecule has 0 bridgehead atoms. The highest BCUT2D eigenvalue weighted by Gasteiger charge is 2.11. The van der Waals surface area contributed by atoms with E-state index >= 15 is 0 Å². The van der Waals surface area contributed by atoms with Crippen LogP contribution in [0.3, 0.4) is 0 Å². The van der Waals surface area contributed by atoms with E-state index in [9.17, 15) is 9.90 Å². The maximum absolute atomic E-state index is 12.0. The predicted octanol–water partition coefficient (Wildman–Crippen LogP) is 0.932. The van der Waals surface area contributed by atoms with Crippen LogP contribution in [0.2, 0.25) is 5.28 Å². The molecule has 1 aromatic heterocycles. The van der Waals surface area contributed by atoms with E-state index in [4.69, 9.17) is 11.6 Å². The number of rotatable bonds is 2. The van der Waals surface area contributed by atoms with E-state index in [0.717, 1.165) is 0 Å². The molecule has 0 saturated heterocycles. The van der Waals surface area contributed by atoms with Crippen molar-refractivity contribution < 1.29 is 5.11 Å². The maximum Gasteiger partial charge on any atom is 0.267 e. The van der Waals surface area contributed by atoms with Crippen molar-refractivity contribution in [2.24, 2.45) is 0 Å². The van der Waals surface area contributed by atoms with Gasteiger partial charge in [-0.3, -0.25) is 9.36 Å². The second-order valence-electron chi connectivity index (χ2n) is 3.30. The van der Waals surface area contributed by atoms with Gasteiger partial charge in [0.05, 0.1) is 12.2 Å². The third kappa shape index (κ3) is 1.64. The molecule has 0 radical (unpaired) electrons. The van der Waals surface area contributed by atoms with Gasteiger partial charge in [-0.1, -0.05) is 6.07 Å². The summed E-state index contributed by atoms with van der Waals surface area (Å²) in [6, 6.07) is 4.69. The predicted molar refractivity (Wildman–Crippen MR) is 61.7 cm³/mol. The molecule has 2 N–H and O–H groups in total. The summed E-state index contributed by atoms with van der Waals surface area (Å²) in [6.45, 7) is 0.245. The number of phenols is 1. The fraction of sp³-hybridized carbons (Fsp3) is 0.200. The molecule has 0 fully saturated rings. The highest BCUT2D eigenvalue weighted by molar-refractivity contribution is 6.28. The molecule has 0 atom stereocenters. The molecule has 0 unspecified atom stereocenters. The summed E-state index contributed by atoms with van der Waals surface area (Å²) >= 11 is 5.87. The normalized spacial score (nSPS) is 10.9. The number of halogens is 1. The summed E-state index contributed by atoms with van der Waals surface area (Å²) in [7, 11) is 1.69. The van der Waals surface area contributed by atoms with Crippen LogP contribution in [0.1, 0.15) is 0 Å². The van der Waals surface area contributed by atoms with E-state index in [1.165, 1.54) is 10.6 Å². The molecule has 0 aliphatic carbocycles. The Morgan fingerprint density at radius 2 is 2.31 bits per heavy atom. The Morgan fingerprint density at radius 3 is 3.00 bits per heavy atom. The number of hydrogen-bond acceptors (Lipinski definition) is 4. The Balaban J connectivity index is 2.86. The van der Waals surface area contributed by atoms with Crippen LogP contribution in [0.15, 0.2) is 23.0 Å². The average Bonchev–Trinajstić information content (AvgIpc) is 2.24. The number of phenolic OH excluding ortho intramolecular Hbond substituents is 1. The van der Waals surface area contributed by atoms with Gasteiger partial charge in [0.2, 0.25) is 5.28 Å². The molecule has 2 aromatic rings. The van der Waals surface area contributed by atoms with E-state index in [1.807, 2.05) is 0 Å². The molecule has 0 amide bonds. The lowest BCUT2D eigenvalue weighted by atomic mass is 10.2. The summed E-state index contributed by atoms with van der Waals surface area (Å²) in [5.41, 5.74) is 0.0322. The van der Waals surface area contributed by atoms with Crippen molar-refractivity contribution in [2.45, 2.75) is 6.67 Å². The van der Waals surface area contributed by atoms with Crippen LogP contribution in [0.4, 0.5) is 0 Å². The fourth-order valence-corrected chi connectivity index (χ4v) is 1.74. The van der Waals surface area contributed by atoms with E-state index < -0.39 is 0 Å². The van der Waals surface area contributed by atoms with Gasteiger partial charge < -0.3 is 10.4 Å². The Bertz CT molecular complexity index is 594. The Hall–Kier alpha value is -1.59. The lowest BCUT2D eigenvalue weighted by Crippen LogP contribution is -2.27. The minimum Gasteiger partial charge on any atom is -0.507 e. The highest BCUT2D eigenvalue weighted by Crippen LogP contribution is 2.20. The summed E-state index contributed by atoms with van der Waals surface area (Å²) in [5, 5.41) is 12.7. The summed E-state index contributed by atoms with van der Waals surface area (Å²) in [5.74, 6) is -0.0866. The van der Waals surface area contributed by atoms with Crippen molar-refractivity contribution in [3.05, 3.63) is 33.8 Å². The quantitative estimate of drug-likeness (QED) is 0.766. The first-order valence-corrected chi connectivity index (χ1v) is 5.05. The Morgan fingerprint density at radius 1 is 1.56 bits per heavy atom. The van der Waals surface area contributed by atoms with Crippen LogP contribution in [-0.4, -0.2) is 21.7 Å². The van der Waals surface area contributed by atoms with Crippen molar-refractivity contribution in [2.75, 3.05) is 7.05 Å². The van der Waals surface area contributed by atoms with E-state index in [0.29, 0.717) is 5.52 Å². The number of hydrogen-bond donors (Lipinski definition) is 2. The van der Waals surface area contributed by atoms with Gasteiger partial charge in [0.25, 0.3) is 5.56 Å². The van der Waals surface area contributed by atoms with Crippen LogP contribution >= 0.6 is 11.6 Å². The number of aromatic hydroxyl groups is 1. The minimum absolute atomic E-state index is 0.0866. The molecule has 0 aliphatic rings. The Labute approximate surface area is 96.3 Å². The second-order valence-corrected chi connectivity index (χ2v) is 3.64. The van der Waals surface area contributed by atoms with Crippen molar-refractivity contribution >= 4 is 22.5 Å². The van der Waals surface area contributed by atoms with E-state index in [-0.39, 0.29) is 28.6 Å². The van der Waals surface area contributed by atoms with Crippen LogP contribution < -0.4 is 10.9 Å². The average molecular weight is 240 g/mol. The Kier molecular flexibility index (Phi) is 2.80. The molecule has 1 heterocycles. The zero-order valence-electron chi connectivity index (χ0n) is 8.57. The molecule has 0 aliphatic heterocycles.